The standard InChI is InChI=1S/C38H65O10P/c1-3-5-7-9-11-13-14-15-16-17-18-19-20-22-23-25-27-29-37(41)45-33-36(34-47-49(43,44)46-32-35(40)31-39)48-38(42)30-28-26-24-21-12-10-8-6-4-2/h5,7,11,13,15-16,18-19,22-23,35-36,39-40H,3-4,6,8-10,12,14,17,20-21,24-34H2,1-2H3,(H,43,44)/b7-5-,13-11-,16-15-,19-18-,23-22-/t35-,36+/m0/s1. The van der Waals surface area contributed by atoms with Gasteiger partial charge in [-0.1, -0.05) is 126 Å². The van der Waals surface area contributed by atoms with E-state index in [-0.39, 0.29) is 19.4 Å². The molecule has 0 heterocycles. The normalized spacial score (nSPS) is 14.8. The Kier molecular flexibility index (Phi) is 32.5. The van der Waals surface area contributed by atoms with Crippen LogP contribution < -0.4 is 0 Å². The van der Waals surface area contributed by atoms with Crippen molar-refractivity contribution >= 4 is 19.8 Å². The summed E-state index contributed by atoms with van der Waals surface area (Å²) < 4.78 is 32.4. The molecule has 11 heteroatoms. The quantitative estimate of drug-likeness (QED) is 0.0261. The monoisotopic (exact) mass is 712 g/mol. The zero-order valence-corrected chi connectivity index (χ0v) is 31.0. The molecule has 282 valence electrons. The van der Waals surface area contributed by atoms with Gasteiger partial charge in [0.05, 0.1) is 19.8 Å². The summed E-state index contributed by atoms with van der Waals surface area (Å²) in [6.07, 6.45) is 35.0. The van der Waals surface area contributed by atoms with Crippen molar-refractivity contribution in [1.29, 1.82) is 0 Å². The highest BCUT2D eigenvalue weighted by Gasteiger charge is 2.27. The molecule has 0 aromatic rings. The van der Waals surface area contributed by atoms with Crippen LogP contribution in [0, 0.1) is 0 Å². The van der Waals surface area contributed by atoms with Crippen LogP contribution in [0.25, 0.3) is 0 Å². The zero-order chi connectivity index (χ0) is 36.3. The Morgan fingerprint density at radius 2 is 1.12 bits per heavy atom. The third-order valence-electron chi connectivity index (χ3n) is 7.19. The molecule has 0 bridgehead atoms. The second-order valence-electron chi connectivity index (χ2n) is 11.9. The SMILES string of the molecule is CC/C=C\C/C=C\C/C=C\C/C=C\C/C=C\CCCC(=O)OC[C@H](COP(=O)(O)OC[C@@H](O)CO)OC(=O)CCCCCCCCCCC. The van der Waals surface area contributed by atoms with Crippen molar-refractivity contribution in [2.45, 2.75) is 142 Å². The summed E-state index contributed by atoms with van der Waals surface area (Å²) in [7, 11) is -4.62. The molecule has 0 fully saturated rings. The molecule has 1 unspecified atom stereocenters. The zero-order valence-electron chi connectivity index (χ0n) is 30.1. The van der Waals surface area contributed by atoms with E-state index in [0.29, 0.717) is 19.3 Å². The molecule has 10 nitrogen and oxygen atoms in total. The van der Waals surface area contributed by atoms with E-state index >= 15 is 0 Å². The van der Waals surface area contributed by atoms with Gasteiger partial charge in [0.1, 0.15) is 12.7 Å². The van der Waals surface area contributed by atoms with E-state index in [0.717, 1.165) is 51.4 Å². The van der Waals surface area contributed by atoms with Crippen LogP contribution in [-0.2, 0) is 32.7 Å². The maximum absolute atomic E-state index is 12.5. The third kappa shape index (κ3) is 33.9. The minimum absolute atomic E-state index is 0.162. The molecule has 0 aromatic heterocycles. The van der Waals surface area contributed by atoms with Gasteiger partial charge in [0.25, 0.3) is 0 Å². The van der Waals surface area contributed by atoms with Crippen molar-refractivity contribution < 1.29 is 47.8 Å². The predicted octanol–water partition coefficient (Wildman–Crippen LogP) is 8.77. The fourth-order valence-electron chi connectivity index (χ4n) is 4.38. The summed E-state index contributed by atoms with van der Waals surface area (Å²) in [5, 5.41) is 18.2. The molecule has 3 N–H and O–H groups in total. The number of rotatable bonds is 33. The predicted molar refractivity (Wildman–Crippen MR) is 196 cm³/mol. The molecule has 0 amide bonds. The lowest BCUT2D eigenvalue weighted by atomic mass is 10.1. The highest BCUT2D eigenvalue weighted by Crippen LogP contribution is 2.43. The van der Waals surface area contributed by atoms with Crippen molar-refractivity contribution in [3.8, 4) is 0 Å². The van der Waals surface area contributed by atoms with Gasteiger partial charge in [-0.15, -0.1) is 0 Å². The first-order valence-corrected chi connectivity index (χ1v) is 19.7. The molecule has 3 atom stereocenters. The van der Waals surface area contributed by atoms with Gasteiger partial charge in [0.2, 0.25) is 0 Å². The number of hydrogen-bond donors (Lipinski definition) is 3. The van der Waals surface area contributed by atoms with E-state index in [1.807, 2.05) is 12.2 Å². The van der Waals surface area contributed by atoms with Crippen LogP contribution in [-0.4, -0.2) is 65.7 Å². The lowest BCUT2D eigenvalue weighted by Gasteiger charge is -2.20. The average molecular weight is 713 g/mol. The Hall–Kier alpha value is -2.33. The highest BCUT2D eigenvalue weighted by atomic mass is 31.2. The molecular weight excluding hydrogens is 647 g/mol. The second-order valence-corrected chi connectivity index (χ2v) is 13.3. The van der Waals surface area contributed by atoms with Crippen LogP contribution >= 0.6 is 7.82 Å². The molecule has 0 aliphatic carbocycles. The summed E-state index contributed by atoms with van der Waals surface area (Å²) in [6, 6.07) is 0. The number of hydrogen-bond acceptors (Lipinski definition) is 9. The first kappa shape index (κ1) is 46.7. The number of esters is 2. The van der Waals surface area contributed by atoms with Gasteiger partial charge in [0.15, 0.2) is 6.10 Å². The summed E-state index contributed by atoms with van der Waals surface area (Å²) in [5.41, 5.74) is 0. The van der Waals surface area contributed by atoms with E-state index in [1.165, 1.54) is 32.1 Å². The summed E-state index contributed by atoms with van der Waals surface area (Å²) in [5.74, 6) is -1.00. The fourth-order valence-corrected chi connectivity index (χ4v) is 5.17. The highest BCUT2D eigenvalue weighted by molar-refractivity contribution is 7.47. The van der Waals surface area contributed by atoms with E-state index in [1.54, 1.807) is 0 Å². The smallest absolute Gasteiger partial charge is 0.462 e. The lowest BCUT2D eigenvalue weighted by Crippen LogP contribution is -2.29. The molecular formula is C38H65O10P. The van der Waals surface area contributed by atoms with Crippen molar-refractivity contribution in [3.05, 3.63) is 60.8 Å². The molecule has 49 heavy (non-hydrogen) atoms. The number of aliphatic hydroxyl groups excluding tert-OH is 2. The van der Waals surface area contributed by atoms with Crippen molar-refractivity contribution in [1.82, 2.24) is 0 Å². The van der Waals surface area contributed by atoms with Gasteiger partial charge in [-0.25, -0.2) is 4.57 Å². The Morgan fingerprint density at radius 1 is 0.633 bits per heavy atom. The molecule has 0 aromatic carbocycles. The van der Waals surface area contributed by atoms with E-state index in [4.69, 9.17) is 19.1 Å². The Labute approximate surface area is 296 Å². The lowest BCUT2D eigenvalue weighted by molar-refractivity contribution is -0.161. The van der Waals surface area contributed by atoms with Crippen LogP contribution in [0.2, 0.25) is 0 Å². The summed E-state index contributed by atoms with van der Waals surface area (Å²) >= 11 is 0. The summed E-state index contributed by atoms with van der Waals surface area (Å²) in [4.78, 5) is 34.7. The Bertz CT molecular complexity index is 1000. The van der Waals surface area contributed by atoms with Gasteiger partial charge in [-0.2, -0.15) is 0 Å². The second kappa shape index (κ2) is 34.1. The van der Waals surface area contributed by atoms with Crippen LogP contribution in [0.1, 0.15) is 129 Å². The number of allylic oxidation sites excluding steroid dienone is 10. The van der Waals surface area contributed by atoms with E-state index in [2.05, 4.69) is 67.0 Å². The van der Waals surface area contributed by atoms with Crippen molar-refractivity contribution in [2.24, 2.45) is 0 Å². The minimum atomic E-state index is -4.62. The van der Waals surface area contributed by atoms with Crippen molar-refractivity contribution in [3.63, 3.8) is 0 Å². The maximum Gasteiger partial charge on any atom is 0.472 e. The molecule has 0 saturated heterocycles. The molecule has 0 aliphatic rings. The number of phosphoric ester groups is 1. The Balaban J connectivity index is 4.47. The largest absolute Gasteiger partial charge is 0.472 e. The number of carbonyl (C=O) groups excluding carboxylic acids is 2. The molecule has 0 saturated carbocycles. The first-order chi connectivity index (χ1) is 23.7. The first-order valence-electron chi connectivity index (χ1n) is 18.2. The number of aliphatic hydroxyl groups is 2. The van der Waals surface area contributed by atoms with Gasteiger partial charge >= 0.3 is 19.8 Å². The molecule has 0 aliphatic heterocycles. The molecule has 0 spiro atoms. The Morgan fingerprint density at radius 3 is 1.67 bits per heavy atom. The van der Waals surface area contributed by atoms with Crippen LogP contribution in [0.4, 0.5) is 0 Å². The van der Waals surface area contributed by atoms with E-state index < -0.39 is 51.8 Å². The van der Waals surface area contributed by atoms with Gasteiger partial charge in [-0.3, -0.25) is 18.6 Å². The topological polar surface area (TPSA) is 149 Å². The molecule has 0 rings (SSSR count). The minimum Gasteiger partial charge on any atom is -0.462 e. The number of ether oxygens (including phenoxy) is 2. The summed E-state index contributed by atoms with van der Waals surface area (Å²) in [6.45, 7) is 2.14. The van der Waals surface area contributed by atoms with Gasteiger partial charge in [0, 0.05) is 12.8 Å². The van der Waals surface area contributed by atoms with Crippen molar-refractivity contribution in [2.75, 3.05) is 26.4 Å². The average Bonchev–Trinajstić information content (AvgIpc) is 3.09. The molecule has 0 radical (unpaired) electrons. The number of phosphoric acid groups is 1. The van der Waals surface area contributed by atoms with E-state index in [9.17, 15) is 24.2 Å². The number of carbonyl (C=O) groups is 2. The third-order valence-corrected chi connectivity index (χ3v) is 8.14. The van der Waals surface area contributed by atoms with Gasteiger partial charge in [-0.05, 0) is 51.4 Å². The van der Waals surface area contributed by atoms with Crippen LogP contribution in [0.5, 0.6) is 0 Å². The maximum atomic E-state index is 12.5. The van der Waals surface area contributed by atoms with Gasteiger partial charge < -0.3 is 24.6 Å². The van der Waals surface area contributed by atoms with Crippen LogP contribution in [0.3, 0.4) is 0 Å². The van der Waals surface area contributed by atoms with Crippen LogP contribution in [0.15, 0.2) is 60.8 Å². The fraction of sp³-hybridized carbons (Fsp3) is 0.684. The number of unbranched alkanes of at least 4 members (excludes halogenated alkanes) is 9.